The fraction of sp³-hybridized carbons (Fsp3) is 0.333. The fourth-order valence-corrected chi connectivity index (χ4v) is 1.90. The Hall–Kier alpha value is -1.88. The van der Waals surface area contributed by atoms with Crippen molar-refractivity contribution in [3.05, 3.63) is 30.2 Å². The number of aromatic nitrogens is 2. The van der Waals surface area contributed by atoms with E-state index in [1.54, 1.807) is 18.2 Å². The van der Waals surface area contributed by atoms with Gasteiger partial charge in [0.1, 0.15) is 11.9 Å². The summed E-state index contributed by atoms with van der Waals surface area (Å²) in [6, 6.07) is 6.77. The number of phenolic OH excluding ortho intramolecular Hbond substituents is 1. The average Bonchev–Trinajstić information content (AvgIpc) is 3.00. The van der Waals surface area contributed by atoms with E-state index in [1.807, 2.05) is 6.07 Å². The summed E-state index contributed by atoms with van der Waals surface area (Å²) in [5, 5.41) is 13.3. The molecule has 1 aliphatic heterocycles. The van der Waals surface area contributed by atoms with Gasteiger partial charge < -0.3 is 14.4 Å². The Labute approximate surface area is 98.0 Å². The van der Waals surface area contributed by atoms with Crippen molar-refractivity contribution in [2.24, 2.45) is 0 Å². The Bertz CT molecular complexity index is 518. The van der Waals surface area contributed by atoms with Gasteiger partial charge in [0, 0.05) is 12.2 Å². The standard InChI is InChI=1S/C12H12N2O3/c15-9-4-1-3-8(7-9)11-13-12(17-14-11)10-5-2-6-16-10/h1,3-4,7,10,15H,2,5-6H2/t10-/m1/s1. The van der Waals surface area contributed by atoms with E-state index in [0.717, 1.165) is 25.0 Å². The molecule has 1 aromatic heterocycles. The molecule has 1 saturated heterocycles. The molecule has 0 bridgehead atoms. The van der Waals surface area contributed by atoms with Gasteiger partial charge in [-0.1, -0.05) is 17.3 Å². The van der Waals surface area contributed by atoms with Gasteiger partial charge in [0.2, 0.25) is 5.82 Å². The first-order valence-electron chi connectivity index (χ1n) is 5.57. The summed E-state index contributed by atoms with van der Waals surface area (Å²) < 4.78 is 10.6. The predicted molar refractivity (Wildman–Crippen MR) is 59.3 cm³/mol. The lowest BCUT2D eigenvalue weighted by Crippen LogP contribution is -1.95. The van der Waals surface area contributed by atoms with Crippen LogP contribution in [-0.2, 0) is 4.74 Å². The molecule has 0 spiro atoms. The summed E-state index contributed by atoms with van der Waals surface area (Å²) in [4.78, 5) is 4.29. The highest BCUT2D eigenvalue weighted by atomic mass is 16.5. The molecule has 3 rings (SSSR count). The Kier molecular flexibility index (Phi) is 2.53. The summed E-state index contributed by atoms with van der Waals surface area (Å²) in [5.74, 6) is 1.18. The van der Waals surface area contributed by atoms with Crippen LogP contribution in [-0.4, -0.2) is 21.9 Å². The van der Waals surface area contributed by atoms with Crippen molar-refractivity contribution >= 4 is 0 Å². The van der Waals surface area contributed by atoms with Gasteiger partial charge in [-0.05, 0) is 25.0 Å². The highest BCUT2D eigenvalue weighted by Gasteiger charge is 2.24. The van der Waals surface area contributed by atoms with Gasteiger partial charge in [-0.25, -0.2) is 0 Å². The molecule has 1 aliphatic rings. The topological polar surface area (TPSA) is 68.4 Å². The summed E-state index contributed by atoms with van der Waals surface area (Å²) in [5.41, 5.74) is 0.734. The normalized spacial score (nSPS) is 19.6. The first-order chi connectivity index (χ1) is 8.33. The first kappa shape index (κ1) is 10.3. The molecule has 1 N–H and O–H groups in total. The van der Waals surface area contributed by atoms with Crippen molar-refractivity contribution in [1.29, 1.82) is 0 Å². The molecule has 2 aromatic rings. The van der Waals surface area contributed by atoms with Gasteiger partial charge in [0.05, 0.1) is 0 Å². The zero-order chi connectivity index (χ0) is 11.7. The molecule has 0 amide bonds. The molecule has 17 heavy (non-hydrogen) atoms. The summed E-state index contributed by atoms with van der Waals surface area (Å²) in [6.07, 6.45) is 1.87. The number of hydrogen-bond acceptors (Lipinski definition) is 5. The number of nitrogens with zero attached hydrogens (tertiary/aromatic N) is 2. The molecule has 1 atom stereocenters. The van der Waals surface area contributed by atoms with Crippen LogP contribution < -0.4 is 0 Å². The largest absolute Gasteiger partial charge is 0.508 e. The summed E-state index contributed by atoms with van der Waals surface area (Å²) >= 11 is 0. The number of phenols is 1. The van der Waals surface area contributed by atoms with E-state index < -0.39 is 0 Å². The Morgan fingerprint density at radius 3 is 3.06 bits per heavy atom. The van der Waals surface area contributed by atoms with E-state index in [4.69, 9.17) is 9.26 Å². The first-order valence-corrected chi connectivity index (χ1v) is 5.57. The predicted octanol–water partition coefficient (Wildman–Crippen LogP) is 2.29. The van der Waals surface area contributed by atoms with Crippen LogP contribution in [0.1, 0.15) is 24.8 Å². The van der Waals surface area contributed by atoms with Crippen LogP contribution in [0.2, 0.25) is 0 Å². The number of hydrogen-bond donors (Lipinski definition) is 1. The van der Waals surface area contributed by atoms with Crippen LogP contribution in [0.3, 0.4) is 0 Å². The van der Waals surface area contributed by atoms with Crippen LogP contribution >= 0.6 is 0 Å². The fourth-order valence-electron chi connectivity index (χ4n) is 1.90. The molecule has 1 fully saturated rings. The molecule has 0 saturated carbocycles. The summed E-state index contributed by atoms with van der Waals surface area (Å²) in [7, 11) is 0. The highest BCUT2D eigenvalue weighted by Crippen LogP contribution is 2.29. The molecular formula is C12H12N2O3. The second-order valence-electron chi connectivity index (χ2n) is 4.01. The molecular weight excluding hydrogens is 220 g/mol. The maximum atomic E-state index is 9.38. The third-order valence-electron chi connectivity index (χ3n) is 2.75. The molecule has 0 aliphatic carbocycles. The van der Waals surface area contributed by atoms with Crippen LogP contribution in [0.25, 0.3) is 11.4 Å². The van der Waals surface area contributed by atoms with E-state index in [2.05, 4.69) is 10.1 Å². The molecule has 5 heteroatoms. The molecule has 0 radical (unpaired) electrons. The lowest BCUT2D eigenvalue weighted by Gasteiger charge is -2.00. The second-order valence-corrected chi connectivity index (χ2v) is 4.01. The quantitative estimate of drug-likeness (QED) is 0.860. The van der Waals surface area contributed by atoms with Crippen molar-refractivity contribution in [3.63, 3.8) is 0 Å². The monoisotopic (exact) mass is 232 g/mol. The molecule has 5 nitrogen and oxygen atoms in total. The summed E-state index contributed by atoms with van der Waals surface area (Å²) in [6.45, 7) is 0.745. The van der Waals surface area contributed by atoms with Gasteiger partial charge in [0.15, 0.2) is 0 Å². The minimum Gasteiger partial charge on any atom is -0.508 e. The molecule has 88 valence electrons. The van der Waals surface area contributed by atoms with E-state index in [9.17, 15) is 5.11 Å². The van der Waals surface area contributed by atoms with Crippen LogP contribution in [0.5, 0.6) is 5.75 Å². The minimum absolute atomic E-state index is 0.0754. The Balaban J connectivity index is 1.89. The van der Waals surface area contributed by atoms with Gasteiger partial charge in [-0.3, -0.25) is 0 Å². The zero-order valence-electron chi connectivity index (χ0n) is 9.17. The van der Waals surface area contributed by atoms with Gasteiger partial charge in [-0.2, -0.15) is 4.98 Å². The Morgan fingerprint density at radius 2 is 2.29 bits per heavy atom. The number of benzene rings is 1. The van der Waals surface area contributed by atoms with E-state index in [0.29, 0.717) is 11.7 Å². The van der Waals surface area contributed by atoms with E-state index in [-0.39, 0.29) is 11.9 Å². The lowest BCUT2D eigenvalue weighted by molar-refractivity contribution is 0.0835. The Morgan fingerprint density at radius 1 is 1.35 bits per heavy atom. The zero-order valence-corrected chi connectivity index (χ0v) is 9.17. The highest BCUT2D eigenvalue weighted by molar-refractivity contribution is 5.56. The van der Waals surface area contributed by atoms with Crippen molar-refractivity contribution in [3.8, 4) is 17.1 Å². The third kappa shape index (κ3) is 2.01. The minimum atomic E-state index is -0.0754. The van der Waals surface area contributed by atoms with Crippen LogP contribution in [0.4, 0.5) is 0 Å². The van der Waals surface area contributed by atoms with E-state index >= 15 is 0 Å². The number of aromatic hydroxyl groups is 1. The van der Waals surface area contributed by atoms with E-state index in [1.165, 1.54) is 0 Å². The molecule has 2 heterocycles. The average molecular weight is 232 g/mol. The molecule has 0 unspecified atom stereocenters. The van der Waals surface area contributed by atoms with Gasteiger partial charge in [0.25, 0.3) is 5.89 Å². The maximum Gasteiger partial charge on any atom is 0.256 e. The third-order valence-corrected chi connectivity index (χ3v) is 2.75. The number of ether oxygens (including phenoxy) is 1. The number of rotatable bonds is 2. The van der Waals surface area contributed by atoms with Crippen molar-refractivity contribution in [2.75, 3.05) is 6.61 Å². The maximum absolute atomic E-state index is 9.38. The van der Waals surface area contributed by atoms with Crippen molar-refractivity contribution in [2.45, 2.75) is 18.9 Å². The smallest absolute Gasteiger partial charge is 0.256 e. The van der Waals surface area contributed by atoms with Crippen molar-refractivity contribution in [1.82, 2.24) is 10.1 Å². The lowest BCUT2D eigenvalue weighted by atomic mass is 10.2. The second kappa shape index (κ2) is 4.18. The molecule has 1 aromatic carbocycles. The van der Waals surface area contributed by atoms with Gasteiger partial charge >= 0.3 is 0 Å². The van der Waals surface area contributed by atoms with Crippen LogP contribution in [0.15, 0.2) is 28.8 Å². The van der Waals surface area contributed by atoms with Gasteiger partial charge in [-0.15, -0.1) is 0 Å². The van der Waals surface area contributed by atoms with Crippen molar-refractivity contribution < 1.29 is 14.4 Å². The SMILES string of the molecule is Oc1cccc(-c2noc([C@H]3CCCO3)n2)c1. The van der Waals surface area contributed by atoms with Crippen LogP contribution in [0, 0.1) is 0 Å².